The molecule has 0 saturated carbocycles. The third kappa shape index (κ3) is 4.12. The van der Waals surface area contributed by atoms with Gasteiger partial charge in [0.15, 0.2) is 0 Å². The summed E-state index contributed by atoms with van der Waals surface area (Å²) in [6, 6.07) is 10.4. The summed E-state index contributed by atoms with van der Waals surface area (Å²) < 4.78 is 40.8. The van der Waals surface area contributed by atoms with Gasteiger partial charge >= 0.3 is 6.18 Å². The zero-order valence-corrected chi connectivity index (χ0v) is 17.3. The molecule has 4 rings (SSSR count). The van der Waals surface area contributed by atoms with Gasteiger partial charge in [-0.1, -0.05) is 18.2 Å². The Morgan fingerprint density at radius 2 is 1.78 bits per heavy atom. The number of fused-ring (bicyclic) bond motifs is 1. The summed E-state index contributed by atoms with van der Waals surface area (Å²) in [6.45, 7) is 1.27. The minimum Gasteiger partial charge on any atom is -0.362 e. The smallest absolute Gasteiger partial charge is 0.362 e. The minimum atomic E-state index is -4.66. The number of alkyl halides is 3. The van der Waals surface area contributed by atoms with Gasteiger partial charge in [0.1, 0.15) is 5.69 Å². The molecule has 10 heteroatoms. The lowest BCUT2D eigenvalue weighted by Gasteiger charge is -2.36. The summed E-state index contributed by atoms with van der Waals surface area (Å²) in [4.78, 5) is 26.8. The van der Waals surface area contributed by atoms with E-state index >= 15 is 0 Å². The molecule has 1 aliphatic rings. The van der Waals surface area contributed by atoms with Gasteiger partial charge in [0.25, 0.3) is 5.69 Å². The van der Waals surface area contributed by atoms with Gasteiger partial charge in [0.05, 0.1) is 16.9 Å². The third-order valence-electron chi connectivity index (χ3n) is 5.79. The van der Waals surface area contributed by atoms with Gasteiger partial charge in [0.2, 0.25) is 5.91 Å². The first kappa shape index (κ1) is 21.7. The van der Waals surface area contributed by atoms with E-state index in [0.717, 1.165) is 28.6 Å². The number of amides is 1. The molecule has 2 heterocycles. The Morgan fingerprint density at radius 3 is 2.44 bits per heavy atom. The summed E-state index contributed by atoms with van der Waals surface area (Å²) in [6.07, 6.45) is -2.48. The summed E-state index contributed by atoms with van der Waals surface area (Å²) in [7, 11) is 1.92. The van der Waals surface area contributed by atoms with Crippen LogP contribution >= 0.6 is 0 Å². The fraction of sp³-hybridized carbons (Fsp3) is 0.318. The minimum absolute atomic E-state index is 0.0528. The number of hydrogen-bond donors (Lipinski definition) is 0. The van der Waals surface area contributed by atoms with Crippen molar-refractivity contribution >= 4 is 28.2 Å². The molecule has 2 aromatic carbocycles. The number of para-hydroxylation sites is 1. The van der Waals surface area contributed by atoms with Crippen LogP contribution in [0.4, 0.5) is 24.5 Å². The number of aromatic nitrogens is 1. The van der Waals surface area contributed by atoms with Crippen LogP contribution in [-0.4, -0.2) is 46.5 Å². The Morgan fingerprint density at radius 1 is 1.09 bits per heavy atom. The van der Waals surface area contributed by atoms with Gasteiger partial charge in [-0.2, -0.15) is 13.2 Å². The first-order valence-electron chi connectivity index (χ1n) is 10.1. The standard InChI is InChI=1S/C22H21F3N4O3/c1-26-14-15(17-4-2-3-5-18(17)26)12-21(30)28-10-8-27(9-11-28)19-7-6-16(22(23,24)25)13-20(19)29(31)32/h2-7,13-14H,8-12H2,1H3. The molecule has 0 radical (unpaired) electrons. The quantitative estimate of drug-likeness (QED) is 0.449. The molecule has 3 aromatic rings. The Hall–Kier alpha value is -3.56. The van der Waals surface area contributed by atoms with Crippen molar-refractivity contribution < 1.29 is 22.9 Å². The van der Waals surface area contributed by atoms with E-state index in [1.54, 1.807) is 9.80 Å². The van der Waals surface area contributed by atoms with Gasteiger partial charge in [0, 0.05) is 56.4 Å². The van der Waals surface area contributed by atoms with Gasteiger partial charge in [-0.15, -0.1) is 0 Å². The second kappa shape index (κ2) is 8.18. The summed E-state index contributed by atoms with van der Waals surface area (Å²) >= 11 is 0. The number of nitro benzene ring substituents is 1. The number of carbonyl (C=O) groups is 1. The highest BCUT2D eigenvalue weighted by molar-refractivity contribution is 5.89. The number of nitro groups is 1. The number of aryl methyl sites for hydroxylation is 1. The van der Waals surface area contributed by atoms with Gasteiger partial charge < -0.3 is 14.4 Å². The fourth-order valence-electron chi connectivity index (χ4n) is 4.15. The van der Waals surface area contributed by atoms with E-state index in [4.69, 9.17) is 0 Å². The van der Waals surface area contributed by atoms with Crippen LogP contribution in [0.5, 0.6) is 0 Å². The molecule has 168 valence electrons. The van der Waals surface area contributed by atoms with Crippen molar-refractivity contribution in [3.8, 4) is 0 Å². The maximum atomic E-state index is 12.9. The maximum Gasteiger partial charge on any atom is 0.416 e. The van der Waals surface area contributed by atoms with E-state index in [1.807, 2.05) is 42.1 Å². The van der Waals surface area contributed by atoms with Crippen LogP contribution in [0.3, 0.4) is 0 Å². The average Bonchev–Trinajstić information content (AvgIpc) is 3.08. The van der Waals surface area contributed by atoms with Gasteiger partial charge in [-0.3, -0.25) is 14.9 Å². The zero-order valence-electron chi connectivity index (χ0n) is 17.3. The molecule has 0 spiro atoms. The topological polar surface area (TPSA) is 71.6 Å². The lowest BCUT2D eigenvalue weighted by atomic mass is 10.1. The molecule has 0 unspecified atom stereocenters. The number of hydrogen-bond acceptors (Lipinski definition) is 4. The van der Waals surface area contributed by atoms with Crippen LogP contribution in [0, 0.1) is 10.1 Å². The molecule has 1 fully saturated rings. The number of anilines is 1. The number of piperazine rings is 1. The number of halogens is 3. The van der Waals surface area contributed by atoms with Crippen molar-refractivity contribution in [2.45, 2.75) is 12.6 Å². The second-order valence-corrected chi connectivity index (χ2v) is 7.79. The Kier molecular flexibility index (Phi) is 5.53. The maximum absolute atomic E-state index is 12.9. The van der Waals surface area contributed by atoms with Gasteiger partial charge in [-0.25, -0.2) is 0 Å². The SMILES string of the molecule is Cn1cc(CC(=O)N2CCN(c3ccc(C(F)(F)F)cc3[N+](=O)[O-])CC2)c2ccccc21. The van der Waals surface area contributed by atoms with Crippen LogP contribution in [-0.2, 0) is 24.4 Å². The summed E-state index contributed by atoms with van der Waals surface area (Å²) in [5, 5.41) is 12.4. The molecule has 0 aliphatic carbocycles. The van der Waals surface area contributed by atoms with Gasteiger partial charge in [-0.05, 0) is 23.8 Å². The van der Waals surface area contributed by atoms with Crippen LogP contribution in [0.2, 0.25) is 0 Å². The fourth-order valence-corrected chi connectivity index (χ4v) is 4.15. The van der Waals surface area contributed by atoms with E-state index < -0.39 is 22.4 Å². The molecule has 1 aliphatic heterocycles. The van der Waals surface area contributed by atoms with Crippen LogP contribution in [0.1, 0.15) is 11.1 Å². The van der Waals surface area contributed by atoms with E-state index in [0.29, 0.717) is 32.2 Å². The average molecular weight is 446 g/mol. The second-order valence-electron chi connectivity index (χ2n) is 7.79. The van der Waals surface area contributed by atoms with Crippen LogP contribution in [0.15, 0.2) is 48.7 Å². The van der Waals surface area contributed by atoms with E-state index in [1.165, 1.54) is 0 Å². The van der Waals surface area contributed by atoms with Crippen molar-refractivity contribution in [3.05, 3.63) is 69.9 Å². The first-order chi connectivity index (χ1) is 15.1. The first-order valence-corrected chi connectivity index (χ1v) is 10.1. The Bertz CT molecular complexity index is 1180. The molecular weight excluding hydrogens is 425 g/mol. The van der Waals surface area contributed by atoms with Crippen molar-refractivity contribution in [2.75, 3.05) is 31.1 Å². The summed E-state index contributed by atoms with van der Waals surface area (Å²) in [5.74, 6) is -0.0528. The molecule has 7 nitrogen and oxygen atoms in total. The molecule has 0 atom stereocenters. The van der Waals surface area contributed by atoms with Crippen molar-refractivity contribution in [1.82, 2.24) is 9.47 Å². The number of benzene rings is 2. The monoisotopic (exact) mass is 446 g/mol. The lowest BCUT2D eigenvalue weighted by Crippen LogP contribution is -2.49. The molecule has 0 bridgehead atoms. The highest BCUT2D eigenvalue weighted by Gasteiger charge is 2.34. The predicted molar refractivity (Wildman–Crippen MR) is 114 cm³/mol. The summed E-state index contributed by atoms with van der Waals surface area (Å²) in [5.41, 5.74) is 0.444. The lowest BCUT2D eigenvalue weighted by molar-refractivity contribution is -0.384. The van der Waals surface area contributed by atoms with Crippen LogP contribution in [0.25, 0.3) is 10.9 Å². The van der Waals surface area contributed by atoms with Crippen LogP contribution < -0.4 is 4.90 Å². The van der Waals surface area contributed by atoms with Crippen molar-refractivity contribution in [1.29, 1.82) is 0 Å². The highest BCUT2D eigenvalue weighted by atomic mass is 19.4. The molecule has 1 saturated heterocycles. The van der Waals surface area contributed by atoms with E-state index in [2.05, 4.69) is 0 Å². The zero-order chi connectivity index (χ0) is 23.0. The third-order valence-corrected chi connectivity index (χ3v) is 5.79. The number of rotatable bonds is 4. The molecule has 0 N–H and O–H groups in total. The normalized spacial score (nSPS) is 14.8. The number of carbonyl (C=O) groups excluding carboxylic acids is 1. The Labute approximate surface area is 181 Å². The molecular formula is C22H21F3N4O3. The highest BCUT2D eigenvalue weighted by Crippen LogP contribution is 2.36. The largest absolute Gasteiger partial charge is 0.416 e. The molecule has 32 heavy (non-hydrogen) atoms. The Balaban J connectivity index is 1.46. The predicted octanol–water partition coefficient (Wildman–Crippen LogP) is 4.00. The molecule has 1 aromatic heterocycles. The van der Waals surface area contributed by atoms with Crippen molar-refractivity contribution in [3.63, 3.8) is 0 Å². The number of nitrogens with zero attached hydrogens (tertiary/aromatic N) is 4. The van der Waals surface area contributed by atoms with E-state index in [-0.39, 0.29) is 18.0 Å². The van der Waals surface area contributed by atoms with E-state index in [9.17, 15) is 28.1 Å². The molecule has 1 amide bonds. The van der Waals surface area contributed by atoms with Crippen molar-refractivity contribution in [2.24, 2.45) is 7.05 Å².